The van der Waals surface area contributed by atoms with Crippen LogP contribution in [-0.2, 0) is 0 Å². The van der Waals surface area contributed by atoms with E-state index in [0.29, 0.717) is 5.75 Å². The fraction of sp³-hybridized carbons (Fsp3) is 0. The SMILES string of the molecule is Oc1csc(S)c1. The maximum atomic E-state index is 8.61. The molecule has 0 aliphatic carbocycles. The summed E-state index contributed by atoms with van der Waals surface area (Å²) in [6.45, 7) is 0. The summed E-state index contributed by atoms with van der Waals surface area (Å²) in [4.78, 5) is 0. The second kappa shape index (κ2) is 1.76. The van der Waals surface area contributed by atoms with Gasteiger partial charge < -0.3 is 5.11 Å². The van der Waals surface area contributed by atoms with Crippen LogP contribution in [0.5, 0.6) is 5.75 Å². The molecule has 0 fully saturated rings. The third-order valence-corrected chi connectivity index (χ3v) is 1.74. The highest BCUT2D eigenvalue weighted by molar-refractivity contribution is 7.82. The molecule has 0 aliphatic heterocycles. The average Bonchev–Trinajstić information content (AvgIpc) is 1.87. The van der Waals surface area contributed by atoms with Gasteiger partial charge in [-0.05, 0) is 0 Å². The zero-order valence-electron chi connectivity index (χ0n) is 3.46. The lowest BCUT2D eigenvalue weighted by Gasteiger charge is -1.70. The number of rotatable bonds is 0. The molecule has 1 nitrogen and oxygen atoms in total. The standard InChI is InChI=1S/C4H4OS2/c5-3-1-4(6)7-2-3/h1-2,5-6H. The third kappa shape index (κ3) is 1.11. The predicted octanol–water partition coefficient (Wildman–Crippen LogP) is 1.74. The van der Waals surface area contributed by atoms with Gasteiger partial charge in [0.2, 0.25) is 0 Å². The lowest BCUT2D eigenvalue weighted by Crippen LogP contribution is -1.43. The smallest absolute Gasteiger partial charge is 0.127 e. The first-order valence-electron chi connectivity index (χ1n) is 1.75. The minimum Gasteiger partial charge on any atom is -0.507 e. The molecular weight excluding hydrogens is 128 g/mol. The molecule has 7 heavy (non-hydrogen) atoms. The minimum absolute atomic E-state index is 0.301. The van der Waals surface area contributed by atoms with Gasteiger partial charge in [-0.15, -0.1) is 24.0 Å². The van der Waals surface area contributed by atoms with Gasteiger partial charge in [-0.2, -0.15) is 0 Å². The van der Waals surface area contributed by atoms with Crippen molar-refractivity contribution in [1.82, 2.24) is 0 Å². The third-order valence-electron chi connectivity index (χ3n) is 0.572. The molecule has 0 radical (unpaired) electrons. The van der Waals surface area contributed by atoms with E-state index in [1.54, 1.807) is 11.4 Å². The van der Waals surface area contributed by atoms with Crippen LogP contribution in [0.25, 0.3) is 0 Å². The van der Waals surface area contributed by atoms with Crippen molar-refractivity contribution in [2.75, 3.05) is 0 Å². The monoisotopic (exact) mass is 132 g/mol. The molecule has 1 N–H and O–H groups in total. The number of thiol groups is 1. The van der Waals surface area contributed by atoms with E-state index in [9.17, 15) is 0 Å². The molecule has 0 saturated heterocycles. The van der Waals surface area contributed by atoms with Crippen LogP contribution >= 0.6 is 24.0 Å². The Morgan fingerprint density at radius 2 is 2.43 bits per heavy atom. The molecule has 0 bridgehead atoms. The zero-order chi connectivity index (χ0) is 5.28. The van der Waals surface area contributed by atoms with Crippen molar-refractivity contribution in [1.29, 1.82) is 0 Å². The zero-order valence-corrected chi connectivity index (χ0v) is 5.17. The molecule has 38 valence electrons. The molecule has 0 amide bonds. The molecule has 1 aromatic rings. The fourth-order valence-corrected chi connectivity index (χ4v) is 1.10. The minimum atomic E-state index is 0.301. The molecule has 0 unspecified atom stereocenters. The molecule has 1 heterocycles. The lowest BCUT2D eigenvalue weighted by atomic mass is 10.6. The Morgan fingerprint density at radius 3 is 2.57 bits per heavy atom. The van der Waals surface area contributed by atoms with Crippen LogP contribution in [0.4, 0.5) is 0 Å². The molecule has 0 spiro atoms. The predicted molar refractivity (Wildman–Crippen MR) is 33.2 cm³/mol. The van der Waals surface area contributed by atoms with Crippen LogP contribution in [-0.4, -0.2) is 5.11 Å². The summed E-state index contributed by atoms with van der Waals surface area (Å²) >= 11 is 5.38. The Morgan fingerprint density at radius 1 is 1.71 bits per heavy atom. The van der Waals surface area contributed by atoms with Crippen molar-refractivity contribution in [3.05, 3.63) is 11.4 Å². The highest BCUT2D eigenvalue weighted by atomic mass is 32.2. The van der Waals surface area contributed by atoms with Gasteiger partial charge in [-0.25, -0.2) is 0 Å². The first-order valence-corrected chi connectivity index (χ1v) is 3.08. The average molecular weight is 132 g/mol. The summed E-state index contributed by atoms with van der Waals surface area (Å²) in [5.41, 5.74) is 0. The highest BCUT2D eigenvalue weighted by Crippen LogP contribution is 2.22. The summed E-state index contributed by atoms with van der Waals surface area (Å²) in [5, 5.41) is 10.3. The summed E-state index contributed by atoms with van der Waals surface area (Å²) in [6.07, 6.45) is 0. The Kier molecular flexibility index (Phi) is 1.25. The first kappa shape index (κ1) is 5.00. The number of hydrogen-bond donors (Lipinski definition) is 2. The quantitative estimate of drug-likeness (QED) is 0.515. The van der Waals surface area contributed by atoms with E-state index in [2.05, 4.69) is 12.6 Å². The van der Waals surface area contributed by atoms with E-state index in [1.165, 1.54) is 11.3 Å². The molecule has 0 aliphatic rings. The number of aromatic hydroxyl groups is 1. The second-order valence-corrected chi connectivity index (χ2v) is 2.84. The highest BCUT2D eigenvalue weighted by Gasteiger charge is 1.88. The van der Waals surface area contributed by atoms with E-state index in [0.717, 1.165) is 4.21 Å². The Hall–Kier alpha value is -0.150. The van der Waals surface area contributed by atoms with Gasteiger partial charge in [0.1, 0.15) is 5.75 Å². The molecule has 0 aromatic carbocycles. The van der Waals surface area contributed by atoms with E-state index < -0.39 is 0 Å². The normalized spacial score (nSPS) is 9.29. The van der Waals surface area contributed by atoms with Crippen LogP contribution in [0.1, 0.15) is 0 Å². The topological polar surface area (TPSA) is 20.2 Å². The first-order chi connectivity index (χ1) is 3.29. The molecule has 3 heteroatoms. The molecular formula is C4H4OS2. The van der Waals surface area contributed by atoms with Crippen LogP contribution in [0, 0.1) is 0 Å². The van der Waals surface area contributed by atoms with Crippen molar-refractivity contribution in [2.24, 2.45) is 0 Å². The maximum absolute atomic E-state index is 8.61. The van der Waals surface area contributed by atoms with Gasteiger partial charge in [0, 0.05) is 11.4 Å². The Bertz CT molecular complexity index is 142. The van der Waals surface area contributed by atoms with Crippen molar-refractivity contribution in [3.8, 4) is 5.75 Å². The van der Waals surface area contributed by atoms with Crippen molar-refractivity contribution in [3.63, 3.8) is 0 Å². The van der Waals surface area contributed by atoms with Gasteiger partial charge in [0.15, 0.2) is 0 Å². The van der Waals surface area contributed by atoms with Crippen LogP contribution in [0.2, 0.25) is 0 Å². The van der Waals surface area contributed by atoms with Gasteiger partial charge >= 0.3 is 0 Å². The van der Waals surface area contributed by atoms with E-state index in [4.69, 9.17) is 5.11 Å². The van der Waals surface area contributed by atoms with Gasteiger partial charge in [-0.1, -0.05) is 0 Å². The van der Waals surface area contributed by atoms with Gasteiger partial charge in [0.05, 0.1) is 4.21 Å². The van der Waals surface area contributed by atoms with Crippen molar-refractivity contribution in [2.45, 2.75) is 4.21 Å². The molecule has 1 rings (SSSR count). The number of thiophene rings is 1. The fourth-order valence-electron chi connectivity index (χ4n) is 0.315. The summed E-state index contributed by atoms with van der Waals surface area (Å²) < 4.78 is 0.845. The van der Waals surface area contributed by atoms with Crippen molar-refractivity contribution < 1.29 is 5.11 Å². The molecule has 0 atom stereocenters. The molecule has 1 aromatic heterocycles. The summed E-state index contributed by atoms with van der Waals surface area (Å²) in [7, 11) is 0. The Balaban J connectivity index is 3.04. The van der Waals surface area contributed by atoms with Crippen molar-refractivity contribution >= 4 is 24.0 Å². The van der Waals surface area contributed by atoms with E-state index in [-0.39, 0.29) is 0 Å². The van der Waals surface area contributed by atoms with E-state index in [1.807, 2.05) is 0 Å². The maximum Gasteiger partial charge on any atom is 0.127 e. The van der Waals surface area contributed by atoms with Gasteiger partial charge in [-0.3, -0.25) is 0 Å². The van der Waals surface area contributed by atoms with Gasteiger partial charge in [0.25, 0.3) is 0 Å². The Labute approximate surface area is 51.0 Å². The van der Waals surface area contributed by atoms with E-state index >= 15 is 0 Å². The van der Waals surface area contributed by atoms with Crippen LogP contribution < -0.4 is 0 Å². The second-order valence-electron chi connectivity index (χ2n) is 1.14. The van der Waals surface area contributed by atoms with Crippen LogP contribution in [0.15, 0.2) is 15.7 Å². The number of hydrogen-bond acceptors (Lipinski definition) is 3. The largest absolute Gasteiger partial charge is 0.507 e. The lowest BCUT2D eigenvalue weighted by molar-refractivity contribution is 0.477. The molecule has 0 saturated carbocycles. The summed E-state index contributed by atoms with van der Waals surface area (Å²) in [6, 6.07) is 1.60. The summed E-state index contributed by atoms with van der Waals surface area (Å²) in [5.74, 6) is 0.301. The van der Waals surface area contributed by atoms with Crippen LogP contribution in [0.3, 0.4) is 0 Å².